The Balaban J connectivity index is 1.70. The predicted octanol–water partition coefficient (Wildman–Crippen LogP) is 4.49. The molecule has 0 saturated heterocycles. The molecule has 0 N–H and O–H groups in total. The first-order valence-corrected chi connectivity index (χ1v) is 9.31. The number of rotatable bonds is 1. The van der Waals surface area contributed by atoms with Crippen molar-refractivity contribution in [3.05, 3.63) is 29.3 Å². The minimum Gasteiger partial charge on any atom is -0.497 e. The molecule has 3 aliphatic rings. The van der Waals surface area contributed by atoms with E-state index in [4.69, 9.17) is 4.74 Å². The van der Waals surface area contributed by atoms with E-state index in [2.05, 4.69) is 41.1 Å². The number of halogens is 1. The number of ketones is 1. The Morgan fingerprint density at radius 2 is 2.14 bits per heavy atom. The zero-order chi connectivity index (χ0) is 15.5. The van der Waals surface area contributed by atoms with Crippen molar-refractivity contribution in [2.24, 2.45) is 17.3 Å². The Kier molecular flexibility index (Phi) is 3.41. The van der Waals surface area contributed by atoms with E-state index in [0.29, 0.717) is 23.5 Å². The molecule has 1 aromatic carbocycles. The van der Waals surface area contributed by atoms with Gasteiger partial charge in [-0.1, -0.05) is 28.9 Å². The maximum absolute atomic E-state index is 12.6. The third-order valence-corrected chi connectivity index (χ3v) is 7.42. The highest BCUT2D eigenvalue weighted by Crippen LogP contribution is 2.60. The molecule has 5 atom stereocenters. The largest absolute Gasteiger partial charge is 0.497 e. The SMILES string of the molecule is COc1ccc2c(c1)CCC1C2CC[C@]2(C)C(=O)C(Br)CC12. The molecule has 3 aliphatic carbocycles. The van der Waals surface area contributed by atoms with Gasteiger partial charge >= 0.3 is 0 Å². The molecule has 0 bridgehead atoms. The number of hydrogen-bond donors (Lipinski definition) is 0. The van der Waals surface area contributed by atoms with Crippen molar-refractivity contribution in [1.29, 1.82) is 0 Å². The molecule has 2 fully saturated rings. The van der Waals surface area contributed by atoms with E-state index in [-0.39, 0.29) is 10.2 Å². The van der Waals surface area contributed by atoms with Crippen molar-refractivity contribution < 1.29 is 9.53 Å². The molecule has 0 spiro atoms. The monoisotopic (exact) mass is 362 g/mol. The van der Waals surface area contributed by atoms with Gasteiger partial charge in [-0.25, -0.2) is 0 Å². The van der Waals surface area contributed by atoms with Crippen molar-refractivity contribution in [3.8, 4) is 5.75 Å². The highest BCUT2D eigenvalue weighted by Gasteiger charge is 2.57. The van der Waals surface area contributed by atoms with Crippen LogP contribution in [-0.2, 0) is 11.2 Å². The first-order valence-electron chi connectivity index (χ1n) is 8.40. The molecule has 2 saturated carbocycles. The van der Waals surface area contributed by atoms with Crippen molar-refractivity contribution in [1.82, 2.24) is 0 Å². The van der Waals surface area contributed by atoms with Crippen LogP contribution in [0.2, 0.25) is 0 Å². The molecule has 0 aromatic heterocycles. The number of fused-ring (bicyclic) bond motifs is 5. The summed E-state index contributed by atoms with van der Waals surface area (Å²) >= 11 is 3.63. The summed E-state index contributed by atoms with van der Waals surface area (Å²) < 4.78 is 5.38. The number of carbonyl (C=O) groups excluding carboxylic acids is 1. The Morgan fingerprint density at radius 3 is 2.91 bits per heavy atom. The minimum absolute atomic E-state index is 0.0820. The van der Waals surface area contributed by atoms with E-state index < -0.39 is 0 Å². The first kappa shape index (κ1) is 14.7. The van der Waals surface area contributed by atoms with Gasteiger partial charge in [0.2, 0.25) is 0 Å². The van der Waals surface area contributed by atoms with E-state index in [1.54, 1.807) is 7.11 Å². The van der Waals surface area contributed by atoms with Crippen LogP contribution in [0.25, 0.3) is 0 Å². The van der Waals surface area contributed by atoms with Crippen LogP contribution in [0, 0.1) is 17.3 Å². The topological polar surface area (TPSA) is 26.3 Å². The predicted molar refractivity (Wildman–Crippen MR) is 90.7 cm³/mol. The van der Waals surface area contributed by atoms with Crippen LogP contribution in [0.15, 0.2) is 18.2 Å². The molecule has 3 heteroatoms. The molecule has 118 valence electrons. The van der Waals surface area contributed by atoms with E-state index in [0.717, 1.165) is 31.4 Å². The third kappa shape index (κ3) is 1.94. The van der Waals surface area contributed by atoms with E-state index in [1.165, 1.54) is 17.5 Å². The maximum atomic E-state index is 12.6. The second-order valence-electron chi connectivity index (χ2n) is 7.50. The Morgan fingerprint density at radius 1 is 1.32 bits per heavy atom. The Bertz CT molecular complexity index is 626. The van der Waals surface area contributed by atoms with E-state index in [9.17, 15) is 4.79 Å². The number of aryl methyl sites for hydroxylation is 1. The third-order valence-electron chi connectivity index (χ3n) is 6.63. The summed E-state index contributed by atoms with van der Waals surface area (Å²) in [6.45, 7) is 2.22. The molecular weight excluding hydrogens is 340 g/mol. The summed E-state index contributed by atoms with van der Waals surface area (Å²) in [7, 11) is 1.74. The number of alkyl halides is 1. The molecular formula is C19H23BrO2. The van der Waals surface area contributed by atoms with Crippen LogP contribution in [-0.4, -0.2) is 17.7 Å². The fourth-order valence-electron chi connectivity index (χ4n) is 5.43. The average Bonchev–Trinajstić information content (AvgIpc) is 2.77. The molecule has 22 heavy (non-hydrogen) atoms. The zero-order valence-corrected chi connectivity index (χ0v) is 14.9. The summed E-state index contributed by atoms with van der Waals surface area (Å²) in [5.41, 5.74) is 2.90. The van der Waals surface area contributed by atoms with E-state index >= 15 is 0 Å². The molecule has 4 rings (SSSR count). The lowest BCUT2D eigenvalue weighted by molar-refractivity contribution is -0.128. The van der Waals surface area contributed by atoms with Gasteiger partial charge in [0.05, 0.1) is 11.9 Å². The van der Waals surface area contributed by atoms with Gasteiger partial charge in [-0.05, 0) is 73.1 Å². The lowest BCUT2D eigenvalue weighted by atomic mass is 9.55. The van der Waals surface area contributed by atoms with Gasteiger partial charge in [0, 0.05) is 5.41 Å². The summed E-state index contributed by atoms with van der Waals surface area (Å²) in [5, 5.41) is 0. The second kappa shape index (κ2) is 5.09. The molecule has 0 aliphatic heterocycles. The number of methoxy groups -OCH3 is 1. The molecule has 2 nitrogen and oxygen atoms in total. The number of ether oxygens (including phenoxy) is 1. The number of carbonyl (C=O) groups is 1. The van der Waals surface area contributed by atoms with Crippen molar-refractivity contribution in [2.45, 2.75) is 49.8 Å². The van der Waals surface area contributed by atoms with Crippen LogP contribution >= 0.6 is 15.9 Å². The maximum Gasteiger partial charge on any atom is 0.152 e. The van der Waals surface area contributed by atoms with Crippen LogP contribution in [0.3, 0.4) is 0 Å². The lowest BCUT2D eigenvalue weighted by Crippen LogP contribution is -2.42. The first-order chi connectivity index (χ1) is 10.5. The lowest BCUT2D eigenvalue weighted by Gasteiger charge is -2.48. The molecule has 1 aromatic rings. The van der Waals surface area contributed by atoms with Crippen molar-refractivity contribution in [3.63, 3.8) is 0 Å². The smallest absolute Gasteiger partial charge is 0.152 e. The van der Waals surface area contributed by atoms with Crippen molar-refractivity contribution >= 4 is 21.7 Å². The fraction of sp³-hybridized carbons (Fsp3) is 0.632. The molecule has 0 radical (unpaired) electrons. The summed E-state index contributed by atoms with van der Waals surface area (Å²) in [4.78, 5) is 12.7. The zero-order valence-electron chi connectivity index (χ0n) is 13.3. The Hall–Kier alpha value is -0.830. The van der Waals surface area contributed by atoms with Gasteiger partial charge in [-0.2, -0.15) is 0 Å². The Labute approximate surface area is 140 Å². The fourth-order valence-corrected chi connectivity index (χ4v) is 6.36. The molecule has 4 unspecified atom stereocenters. The quantitative estimate of drug-likeness (QED) is 0.687. The standard InChI is InChI=1S/C19H23BrO2/c1-19-8-7-14-13-6-4-12(22-2)9-11(13)3-5-15(14)16(19)10-17(20)18(19)21/h4,6,9,14-17H,3,5,7-8,10H2,1-2H3/t14?,15?,16?,17?,19-/m0/s1. The summed E-state index contributed by atoms with van der Waals surface area (Å²) in [5.74, 6) is 3.29. The summed E-state index contributed by atoms with van der Waals surface area (Å²) in [6.07, 6.45) is 5.58. The normalized spacial score (nSPS) is 39.9. The van der Waals surface area contributed by atoms with Crippen LogP contribution < -0.4 is 4.74 Å². The van der Waals surface area contributed by atoms with Crippen LogP contribution in [0.1, 0.15) is 49.7 Å². The van der Waals surface area contributed by atoms with Gasteiger partial charge in [-0.3, -0.25) is 4.79 Å². The van der Waals surface area contributed by atoms with Gasteiger partial charge in [0.15, 0.2) is 5.78 Å². The van der Waals surface area contributed by atoms with Crippen LogP contribution in [0.4, 0.5) is 0 Å². The van der Waals surface area contributed by atoms with Crippen molar-refractivity contribution in [2.75, 3.05) is 7.11 Å². The molecule has 0 heterocycles. The van der Waals surface area contributed by atoms with Gasteiger partial charge < -0.3 is 4.74 Å². The highest BCUT2D eigenvalue weighted by molar-refractivity contribution is 9.10. The second-order valence-corrected chi connectivity index (χ2v) is 8.61. The minimum atomic E-state index is -0.0840. The van der Waals surface area contributed by atoms with Gasteiger partial charge in [0.25, 0.3) is 0 Å². The van der Waals surface area contributed by atoms with Gasteiger partial charge in [-0.15, -0.1) is 0 Å². The number of Topliss-reactive ketones (excluding diaryl/α,β-unsaturated/α-hetero) is 1. The molecule has 0 amide bonds. The highest BCUT2D eigenvalue weighted by atomic mass is 79.9. The average molecular weight is 363 g/mol. The van der Waals surface area contributed by atoms with Gasteiger partial charge in [0.1, 0.15) is 5.75 Å². The van der Waals surface area contributed by atoms with E-state index in [1.807, 2.05) is 0 Å². The number of hydrogen-bond acceptors (Lipinski definition) is 2. The summed E-state index contributed by atoms with van der Waals surface area (Å²) in [6, 6.07) is 6.59. The number of benzene rings is 1. The van der Waals surface area contributed by atoms with Crippen LogP contribution in [0.5, 0.6) is 5.75 Å².